The van der Waals surface area contributed by atoms with Crippen molar-refractivity contribution >= 4 is 38.4 Å². The molecule has 1 aliphatic rings. The van der Waals surface area contributed by atoms with Crippen molar-refractivity contribution in [2.45, 2.75) is 51.0 Å². The van der Waals surface area contributed by atoms with E-state index in [4.69, 9.17) is 0 Å². The van der Waals surface area contributed by atoms with Gasteiger partial charge in [-0.25, -0.2) is 13.1 Å². The number of likely N-dealkylation sites (tertiary alicyclic amines) is 1. The van der Waals surface area contributed by atoms with Gasteiger partial charge in [0.05, 0.1) is 16.1 Å². The van der Waals surface area contributed by atoms with Crippen molar-refractivity contribution in [2.24, 2.45) is 5.92 Å². The van der Waals surface area contributed by atoms with Gasteiger partial charge in [-0.05, 0) is 61.6 Å². The minimum atomic E-state index is -3.88. The van der Waals surface area contributed by atoms with E-state index >= 15 is 0 Å². The number of amides is 2. The van der Waals surface area contributed by atoms with E-state index in [1.807, 2.05) is 37.8 Å². The molecule has 2 heterocycles. The van der Waals surface area contributed by atoms with E-state index in [1.54, 1.807) is 36.5 Å². The molecule has 1 fully saturated rings. The molecular formula is C27H32N4O4S. The van der Waals surface area contributed by atoms with E-state index in [9.17, 15) is 18.0 Å². The molecule has 2 aromatic carbocycles. The Morgan fingerprint density at radius 3 is 2.61 bits per heavy atom. The Morgan fingerprint density at radius 1 is 1.11 bits per heavy atom. The fourth-order valence-corrected chi connectivity index (χ4v) is 6.26. The summed E-state index contributed by atoms with van der Waals surface area (Å²) in [6.07, 6.45) is 3.43. The first kappa shape index (κ1) is 25.8. The lowest BCUT2D eigenvalue weighted by atomic mass is 9.94. The maximum absolute atomic E-state index is 13.5. The van der Waals surface area contributed by atoms with Crippen LogP contribution in [0.1, 0.15) is 49.0 Å². The molecule has 1 saturated heterocycles. The number of fused-ring (bicyclic) bond motifs is 1. The molecule has 0 aliphatic carbocycles. The average Bonchev–Trinajstić information content (AvgIpc) is 2.85. The SMILES string of the molecule is CCCC(=O)N1CCC(NS(=O)(=O)c2ccc(NC(=O)c3ccccc3C)c3ncccc23)C(C)C1. The molecule has 2 unspecified atom stereocenters. The topological polar surface area (TPSA) is 108 Å². The van der Waals surface area contributed by atoms with Gasteiger partial charge >= 0.3 is 0 Å². The van der Waals surface area contributed by atoms with E-state index < -0.39 is 10.0 Å². The Balaban J connectivity index is 1.57. The number of carbonyl (C=O) groups excluding carboxylic acids is 2. The number of anilines is 1. The third kappa shape index (κ3) is 5.42. The molecule has 2 atom stereocenters. The Hall–Kier alpha value is -3.30. The summed E-state index contributed by atoms with van der Waals surface area (Å²) in [4.78, 5) is 31.5. The zero-order chi connectivity index (χ0) is 25.9. The van der Waals surface area contributed by atoms with E-state index in [0.717, 1.165) is 12.0 Å². The summed E-state index contributed by atoms with van der Waals surface area (Å²) in [6.45, 7) is 6.85. The summed E-state index contributed by atoms with van der Waals surface area (Å²) in [5, 5.41) is 3.31. The van der Waals surface area contributed by atoms with Gasteiger partial charge in [0.15, 0.2) is 0 Å². The molecule has 8 nitrogen and oxygen atoms in total. The van der Waals surface area contributed by atoms with Crippen LogP contribution in [0.25, 0.3) is 10.9 Å². The predicted molar refractivity (Wildman–Crippen MR) is 140 cm³/mol. The van der Waals surface area contributed by atoms with Crippen LogP contribution in [0.4, 0.5) is 5.69 Å². The molecule has 36 heavy (non-hydrogen) atoms. The smallest absolute Gasteiger partial charge is 0.255 e. The molecule has 0 radical (unpaired) electrons. The van der Waals surface area contributed by atoms with Crippen molar-refractivity contribution in [2.75, 3.05) is 18.4 Å². The number of piperidine rings is 1. The molecule has 1 aliphatic heterocycles. The Bertz CT molecular complexity index is 1390. The van der Waals surface area contributed by atoms with Gasteiger partial charge in [0.25, 0.3) is 5.91 Å². The van der Waals surface area contributed by atoms with Crippen molar-refractivity contribution in [3.63, 3.8) is 0 Å². The first-order chi connectivity index (χ1) is 17.2. The second-order valence-corrected chi connectivity index (χ2v) is 11.0. The lowest BCUT2D eigenvalue weighted by Gasteiger charge is -2.37. The van der Waals surface area contributed by atoms with Crippen molar-refractivity contribution in [3.05, 3.63) is 65.9 Å². The number of hydrogen-bond donors (Lipinski definition) is 2. The molecule has 9 heteroatoms. The van der Waals surface area contributed by atoms with E-state index in [1.165, 1.54) is 6.07 Å². The highest BCUT2D eigenvalue weighted by Crippen LogP contribution is 2.29. The van der Waals surface area contributed by atoms with Crippen molar-refractivity contribution < 1.29 is 18.0 Å². The van der Waals surface area contributed by atoms with E-state index in [2.05, 4.69) is 15.0 Å². The average molecular weight is 509 g/mol. The highest BCUT2D eigenvalue weighted by Gasteiger charge is 2.32. The van der Waals surface area contributed by atoms with Crippen LogP contribution in [0.5, 0.6) is 0 Å². The molecule has 0 spiro atoms. The zero-order valence-electron chi connectivity index (χ0n) is 20.8. The van der Waals surface area contributed by atoms with Gasteiger partial charge in [0, 0.05) is 42.7 Å². The molecule has 2 N–H and O–H groups in total. The molecule has 190 valence electrons. The quantitative estimate of drug-likeness (QED) is 0.499. The molecule has 4 rings (SSSR count). The highest BCUT2D eigenvalue weighted by molar-refractivity contribution is 7.89. The zero-order valence-corrected chi connectivity index (χ0v) is 21.6. The van der Waals surface area contributed by atoms with Gasteiger partial charge in [-0.15, -0.1) is 0 Å². The molecule has 2 amide bonds. The number of nitrogens with zero attached hydrogens (tertiary/aromatic N) is 2. The summed E-state index contributed by atoms with van der Waals surface area (Å²) < 4.78 is 29.8. The van der Waals surface area contributed by atoms with Gasteiger partial charge in [0.2, 0.25) is 15.9 Å². The van der Waals surface area contributed by atoms with Crippen LogP contribution in [0.3, 0.4) is 0 Å². The van der Waals surface area contributed by atoms with Crippen LogP contribution in [0.15, 0.2) is 59.6 Å². The lowest BCUT2D eigenvalue weighted by molar-refractivity contribution is -0.133. The third-order valence-corrected chi connectivity index (χ3v) is 8.23. The standard InChI is InChI=1S/C27H32N4O4S/c1-4-8-25(32)31-16-14-22(19(3)17-31)30-36(34,35)24-13-12-23(26-21(24)11-7-15-28-26)29-27(33)20-10-6-5-9-18(20)2/h5-7,9-13,15,19,22,30H,4,8,14,16-17H2,1-3H3,(H,29,33). The second-order valence-electron chi connectivity index (χ2n) is 9.36. The third-order valence-electron chi connectivity index (χ3n) is 6.69. The molecule has 0 bridgehead atoms. The fraction of sp³-hybridized carbons (Fsp3) is 0.370. The van der Waals surface area contributed by atoms with Crippen molar-refractivity contribution in [1.29, 1.82) is 0 Å². The van der Waals surface area contributed by atoms with Crippen LogP contribution in [0.2, 0.25) is 0 Å². The predicted octanol–water partition coefficient (Wildman–Crippen LogP) is 4.11. The summed E-state index contributed by atoms with van der Waals surface area (Å²) in [5.74, 6) is -0.190. The molecule has 0 saturated carbocycles. The summed E-state index contributed by atoms with van der Waals surface area (Å²) in [6, 6.07) is 13.4. The first-order valence-electron chi connectivity index (χ1n) is 12.3. The summed E-state index contributed by atoms with van der Waals surface area (Å²) >= 11 is 0. The number of sulfonamides is 1. The van der Waals surface area contributed by atoms with Gasteiger partial charge in [-0.1, -0.05) is 32.0 Å². The largest absolute Gasteiger partial charge is 0.342 e. The van der Waals surface area contributed by atoms with Gasteiger partial charge in [-0.3, -0.25) is 14.6 Å². The summed E-state index contributed by atoms with van der Waals surface area (Å²) in [5.41, 5.74) is 2.22. The Kier molecular flexibility index (Phi) is 7.70. The van der Waals surface area contributed by atoms with Crippen LogP contribution in [-0.2, 0) is 14.8 Å². The molecule has 1 aromatic heterocycles. The maximum Gasteiger partial charge on any atom is 0.255 e. The van der Waals surface area contributed by atoms with Crippen LogP contribution in [-0.4, -0.2) is 49.2 Å². The van der Waals surface area contributed by atoms with Crippen LogP contribution in [0, 0.1) is 12.8 Å². The number of aryl methyl sites for hydroxylation is 1. The second kappa shape index (κ2) is 10.8. The number of pyridine rings is 1. The van der Waals surface area contributed by atoms with Crippen molar-refractivity contribution in [1.82, 2.24) is 14.6 Å². The molecule has 3 aromatic rings. The van der Waals surface area contributed by atoms with Gasteiger partial charge in [-0.2, -0.15) is 0 Å². The lowest BCUT2D eigenvalue weighted by Crippen LogP contribution is -2.51. The fourth-order valence-electron chi connectivity index (χ4n) is 4.68. The Morgan fingerprint density at radius 2 is 1.89 bits per heavy atom. The van der Waals surface area contributed by atoms with Crippen molar-refractivity contribution in [3.8, 4) is 0 Å². The van der Waals surface area contributed by atoms with Crippen LogP contribution >= 0.6 is 0 Å². The number of aromatic nitrogens is 1. The van der Waals surface area contributed by atoms with Crippen LogP contribution < -0.4 is 10.0 Å². The summed E-state index contributed by atoms with van der Waals surface area (Å²) in [7, 11) is -3.88. The first-order valence-corrected chi connectivity index (χ1v) is 13.7. The number of hydrogen-bond acceptors (Lipinski definition) is 5. The molecular weight excluding hydrogens is 476 g/mol. The van der Waals surface area contributed by atoms with E-state index in [-0.39, 0.29) is 28.7 Å². The van der Waals surface area contributed by atoms with Gasteiger partial charge in [0.1, 0.15) is 0 Å². The highest BCUT2D eigenvalue weighted by atomic mass is 32.2. The van der Waals surface area contributed by atoms with E-state index in [0.29, 0.717) is 48.1 Å². The monoisotopic (exact) mass is 508 g/mol. The maximum atomic E-state index is 13.5. The Labute approximate surface area is 212 Å². The number of rotatable bonds is 7. The number of carbonyl (C=O) groups is 2. The minimum absolute atomic E-state index is 0.0219. The van der Waals surface area contributed by atoms with Gasteiger partial charge < -0.3 is 10.2 Å². The number of nitrogens with one attached hydrogen (secondary N) is 2. The number of benzene rings is 2. The normalized spacial score (nSPS) is 18.2. The minimum Gasteiger partial charge on any atom is -0.342 e.